The summed E-state index contributed by atoms with van der Waals surface area (Å²) in [4.78, 5) is 12.8. The highest BCUT2D eigenvalue weighted by atomic mass is 16.5. The molecule has 148 valence electrons. The van der Waals surface area contributed by atoms with Crippen molar-refractivity contribution < 1.29 is 9.47 Å². The fourth-order valence-corrected chi connectivity index (χ4v) is 3.46. The van der Waals surface area contributed by atoms with Gasteiger partial charge in [-0.05, 0) is 43.2 Å². The number of rotatable bonds is 7. The van der Waals surface area contributed by atoms with E-state index in [1.807, 2.05) is 59.9 Å². The third kappa shape index (κ3) is 3.24. The zero-order valence-corrected chi connectivity index (χ0v) is 16.5. The average Bonchev–Trinajstić information content (AvgIpc) is 3.17. The highest BCUT2D eigenvalue weighted by Gasteiger charge is 2.16. The average molecular weight is 390 g/mol. The molecular formula is C22H22N4O3. The van der Waals surface area contributed by atoms with Crippen molar-refractivity contribution in [2.45, 2.75) is 26.5 Å². The predicted molar refractivity (Wildman–Crippen MR) is 112 cm³/mol. The molecule has 0 radical (unpaired) electrons. The largest absolute Gasteiger partial charge is 0.493 e. The van der Waals surface area contributed by atoms with E-state index in [1.54, 1.807) is 11.7 Å². The van der Waals surface area contributed by atoms with Crippen molar-refractivity contribution in [2.75, 3.05) is 7.11 Å². The summed E-state index contributed by atoms with van der Waals surface area (Å²) in [6, 6.07) is 13.2. The molecule has 0 saturated heterocycles. The number of methoxy groups -OCH3 is 1. The standard InChI is InChI=1S/C22H22N4O3/c1-4-8-15-11-12-18(19(13-15)28-3)29-14-20-23-24-22-25(5-2)21(27)16-9-6-7-10-17(16)26(20)22/h4,6-7,9-13H,1,5,8,14H2,2-3H3. The van der Waals surface area contributed by atoms with Crippen LogP contribution in [0.5, 0.6) is 11.5 Å². The van der Waals surface area contributed by atoms with Gasteiger partial charge in [0, 0.05) is 6.54 Å². The van der Waals surface area contributed by atoms with Crippen molar-refractivity contribution in [2.24, 2.45) is 0 Å². The number of aromatic nitrogens is 4. The van der Waals surface area contributed by atoms with E-state index < -0.39 is 0 Å². The van der Waals surface area contributed by atoms with Crippen LogP contribution in [0.4, 0.5) is 0 Å². The molecule has 4 aromatic rings. The van der Waals surface area contributed by atoms with Gasteiger partial charge in [-0.2, -0.15) is 0 Å². The van der Waals surface area contributed by atoms with E-state index in [4.69, 9.17) is 9.47 Å². The van der Waals surface area contributed by atoms with E-state index >= 15 is 0 Å². The van der Waals surface area contributed by atoms with E-state index in [9.17, 15) is 4.79 Å². The van der Waals surface area contributed by atoms with Crippen molar-refractivity contribution in [1.82, 2.24) is 19.2 Å². The van der Waals surface area contributed by atoms with E-state index in [0.717, 1.165) is 17.5 Å². The van der Waals surface area contributed by atoms with Gasteiger partial charge < -0.3 is 9.47 Å². The molecule has 0 amide bonds. The van der Waals surface area contributed by atoms with Crippen LogP contribution in [-0.2, 0) is 19.6 Å². The van der Waals surface area contributed by atoms with Crippen molar-refractivity contribution in [1.29, 1.82) is 0 Å². The summed E-state index contributed by atoms with van der Waals surface area (Å²) in [5.74, 6) is 2.37. The molecule has 7 nitrogen and oxygen atoms in total. The summed E-state index contributed by atoms with van der Waals surface area (Å²) in [6.07, 6.45) is 2.60. The Morgan fingerprint density at radius 2 is 1.97 bits per heavy atom. The molecule has 0 unspecified atom stereocenters. The molecule has 7 heteroatoms. The zero-order chi connectivity index (χ0) is 20.4. The van der Waals surface area contributed by atoms with E-state index in [0.29, 0.717) is 35.0 Å². The number of hydrogen-bond donors (Lipinski definition) is 0. The Balaban J connectivity index is 1.76. The Morgan fingerprint density at radius 3 is 2.72 bits per heavy atom. The highest BCUT2D eigenvalue weighted by Crippen LogP contribution is 2.29. The lowest BCUT2D eigenvalue weighted by Crippen LogP contribution is -2.22. The van der Waals surface area contributed by atoms with Gasteiger partial charge in [0.1, 0.15) is 6.61 Å². The number of nitrogens with zero attached hydrogens (tertiary/aromatic N) is 4. The Bertz CT molecular complexity index is 1260. The van der Waals surface area contributed by atoms with Crippen LogP contribution >= 0.6 is 0 Å². The van der Waals surface area contributed by atoms with Crippen molar-refractivity contribution in [3.63, 3.8) is 0 Å². The number of allylic oxidation sites excluding steroid dienone is 1. The lowest BCUT2D eigenvalue weighted by atomic mass is 10.1. The van der Waals surface area contributed by atoms with E-state index in [2.05, 4.69) is 16.8 Å². The molecule has 0 saturated carbocycles. The van der Waals surface area contributed by atoms with Gasteiger partial charge in [-0.15, -0.1) is 16.8 Å². The molecule has 2 heterocycles. The van der Waals surface area contributed by atoms with E-state index in [1.165, 1.54) is 0 Å². The third-order valence-electron chi connectivity index (χ3n) is 4.86. The van der Waals surface area contributed by atoms with Gasteiger partial charge in [0.15, 0.2) is 17.3 Å². The molecular weight excluding hydrogens is 368 g/mol. The maximum atomic E-state index is 12.8. The van der Waals surface area contributed by atoms with Crippen molar-refractivity contribution in [3.8, 4) is 11.5 Å². The van der Waals surface area contributed by atoms with Crippen LogP contribution in [0.25, 0.3) is 16.7 Å². The second-order valence-electron chi connectivity index (χ2n) is 6.58. The molecule has 0 fully saturated rings. The Labute approximate surface area is 167 Å². The number of fused-ring (bicyclic) bond motifs is 3. The number of para-hydroxylation sites is 1. The predicted octanol–water partition coefficient (Wildman–Crippen LogP) is 3.38. The van der Waals surface area contributed by atoms with Gasteiger partial charge in [-0.3, -0.25) is 13.8 Å². The number of aryl methyl sites for hydroxylation is 1. The second-order valence-corrected chi connectivity index (χ2v) is 6.58. The summed E-state index contributed by atoms with van der Waals surface area (Å²) in [6.45, 7) is 6.37. The summed E-state index contributed by atoms with van der Waals surface area (Å²) >= 11 is 0. The van der Waals surface area contributed by atoms with Gasteiger partial charge in [-0.25, -0.2) is 0 Å². The maximum Gasteiger partial charge on any atom is 0.262 e. The normalized spacial score (nSPS) is 11.1. The van der Waals surface area contributed by atoms with Gasteiger partial charge in [0.2, 0.25) is 5.78 Å². The molecule has 0 aliphatic heterocycles. The first kappa shape index (κ1) is 18.7. The molecule has 0 atom stereocenters. The maximum absolute atomic E-state index is 12.8. The number of benzene rings is 2. The van der Waals surface area contributed by atoms with Gasteiger partial charge >= 0.3 is 0 Å². The molecule has 29 heavy (non-hydrogen) atoms. The van der Waals surface area contributed by atoms with Gasteiger partial charge in [0.25, 0.3) is 5.56 Å². The van der Waals surface area contributed by atoms with Gasteiger partial charge in [0.05, 0.1) is 18.0 Å². The van der Waals surface area contributed by atoms with Gasteiger partial charge in [-0.1, -0.05) is 24.3 Å². The first-order valence-corrected chi connectivity index (χ1v) is 9.44. The molecule has 0 aliphatic rings. The Morgan fingerprint density at radius 1 is 1.14 bits per heavy atom. The fraction of sp³-hybridized carbons (Fsp3) is 0.227. The second kappa shape index (κ2) is 7.79. The monoisotopic (exact) mass is 390 g/mol. The molecule has 0 spiro atoms. The Hall–Kier alpha value is -3.61. The minimum atomic E-state index is -0.0741. The van der Waals surface area contributed by atoms with Crippen molar-refractivity contribution >= 4 is 16.7 Å². The smallest absolute Gasteiger partial charge is 0.262 e. The highest BCUT2D eigenvalue weighted by molar-refractivity contribution is 5.80. The summed E-state index contributed by atoms with van der Waals surface area (Å²) in [5.41, 5.74) is 1.78. The van der Waals surface area contributed by atoms with E-state index in [-0.39, 0.29) is 12.2 Å². The minimum absolute atomic E-state index is 0.0741. The lowest BCUT2D eigenvalue weighted by Gasteiger charge is -2.12. The van der Waals surface area contributed by atoms with Crippen molar-refractivity contribution in [3.05, 3.63) is 76.9 Å². The number of hydrogen-bond acceptors (Lipinski definition) is 5. The first-order chi connectivity index (χ1) is 14.2. The summed E-state index contributed by atoms with van der Waals surface area (Å²) < 4.78 is 15.0. The number of ether oxygens (including phenoxy) is 2. The van der Waals surface area contributed by atoms with Crippen LogP contribution in [0, 0.1) is 0 Å². The third-order valence-corrected chi connectivity index (χ3v) is 4.86. The summed E-state index contributed by atoms with van der Waals surface area (Å²) in [7, 11) is 1.61. The first-order valence-electron chi connectivity index (χ1n) is 9.44. The van der Waals surface area contributed by atoms with Crippen LogP contribution in [0.1, 0.15) is 18.3 Å². The summed E-state index contributed by atoms with van der Waals surface area (Å²) in [5, 5.41) is 9.15. The molecule has 0 N–H and O–H groups in total. The minimum Gasteiger partial charge on any atom is -0.493 e. The van der Waals surface area contributed by atoms with Crippen LogP contribution < -0.4 is 15.0 Å². The molecule has 4 rings (SSSR count). The fourth-order valence-electron chi connectivity index (χ4n) is 3.46. The zero-order valence-electron chi connectivity index (χ0n) is 16.5. The van der Waals surface area contributed by atoms with Crippen LogP contribution in [0.2, 0.25) is 0 Å². The topological polar surface area (TPSA) is 70.7 Å². The SMILES string of the molecule is C=CCc1ccc(OCc2nnc3n(CC)c(=O)c4ccccc4n23)c(OC)c1. The Kier molecular flexibility index (Phi) is 5.03. The quantitative estimate of drug-likeness (QED) is 0.453. The molecule has 0 bridgehead atoms. The molecule has 2 aromatic carbocycles. The van der Waals surface area contributed by atoms with Crippen LogP contribution in [0.15, 0.2) is 59.9 Å². The molecule has 0 aliphatic carbocycles. The molecule has 2 aromatic heterocycles. The van der Waals surface area contributed by atoms with Crippen LogP contribution in [-0.4, -0.2) is 26.3 Å². The van der Waals surface area contributed by atoms with Crippen LogP contribution in [0.3, 0.4) is 0 Å². The lowest BCUT2D eigenvalue weighted by molar-refractivity contribution is 0.275.